The first-order valence-corrected chi connectivity index (χ1v) is 4.17. The first-order valence-electron chi connectivity index (χ1n) is 4.17. The van der Waals surface area contributed by atoms with Crippen LogP contribution >= 0.6 is 0 Å². The summed E-state index contributed by atoms with van der Waals surface area (Å²) in [5.74, 6) is -1.22. The number of aliphatic carboxylic acids is 1. The number of carboxylic acids is 1. The number of rotatable bonds is 4. The summed E-state index contributed by atoms with van der Waals surface area (Å²) in [5.41, 5.74) is 0. The van der Waals surface area contributed by atoms with Gasteiger partial charge in [-0.15, -0.1) is 0 Å². The fourth-order valence-electron chi connectivity index (χ4n) is 1.11. The van der Waals surface area contributed by atoms with E-state index in [4.69, 9.17) is 5.11 Å². The first kappa shape index (κ1) is 11.5. The number of hydrogen-bond donors (Lipinski definition) is 1. The minimum absolute atomic E-state index is 0.000741. The molecule has 0 aliphatic heterocycles. The van der Waals surface area contributed by atoms with Crippen LogP contribution in [-0.4, -0.2) is 26.8 Å². The molecule has 84 valence electrons. The molecule has 1 aromatic heterocycles. The van der Waals surface area contributed by atoms with Gasteiger partial charge in [0.2, 0.25) is 0 Å². The van der Waals surface area contributed by atoms with Gasteiger partial charge in [0.1, 0.15) is 12.2 Å². The third kappa shape index (κ3) is 4.01. The maximum atomic E-state index is 12.0. The van der Waals surface area contributed by atoms with E-state index in [9.17, 15) is 18.0 Å². The average molecular weight is 222 g/mol. The summed E-state index contributed by atoms with van der Waals surface area (Å²) in [4.78, 5) is 13.8. The molecule has 7 heteroatoms. The Hall–Kier alpha value is -1.53. The van der Waals surface area contributed by atoms with Crippen molar-refractivity contribution in [2.24, 2.45) is 0 Å². The molecule has 1 rings (SSSR count). The molecule has 0 radical (unpaired) electrons. The molecule has 0 saturated heterocycles. The zero-order valence-electron chi connectivity index (χ0n) is 7.66. The Bertz CT molecular complexity index is 346. The number of halogens is 3. The maximum Gasteiger partial charge on any atom is 0.396 e. The fraction of sp³-hybridized carbons (Fsp3) is 0.500. The van der Waals surface area contributed by atoms with Crippen LogP contribution in [0.5, 0.6) is 0 Å². The molecule has 1 heterocycles. The highest BCUT2D eigenvalue weighted by Crippen LogP contribution is 2.20. The summed E-state index contributed by atoms with van der Waals surface area (Å²) in [6, 6.07) is 0. The van der Waals surface area contributed by atoms with Crippen molar-refractivity contribution >= 4 is 5.97 Å². The SMILES string of the molecule is O=C(O)CCn1ccnc1CC(F)(F)F. The predicted molar refractivity (Wildman–Crippen MR) is 44.2 cm³/mol. The van der Waals surface area contributed by atoms with Crippen LogP contribution in [0.25, 0.3) is 0 Å². The Labute approximate surface area is 83.3 Å². The standard InChI is InChI=1S/C8H9F3N2O2/c9-8(10,11)5-6-12-2-4-13(6)3-1-7(14)15/h2,4H,1,3,5H2,(H,14,15). The predicted octanol–water partition coefficient (Wildman–Crippen LogP) is 1.46. The number of imidazole rings is 1. The highest BCUT2D eigenvalue weighted by Gasteiger charge is 2.29. The van der Waals surface area contributed by atoms with E-state index >= 15 is 0 Å². The Morgan fingerprint density at radius 2 is 2.20 bits per heavy atom. The Morgan fingerprint density at radius 1 is 1.53 bits per heavy atom. The largest absolute Gasteiger partial charge is 0.481 e. The molecular formula is C8H9F3N2O2. The van der Waals surface area contributed by atoms with Gasteiger partial charge in [-0.2, -0.15) is 13.2 Å². The molecule has 0 unspecified atom stereocenters. The molecule has 0 amide bonds. The highest BCUT2D eigenvalue weighted by atomic mass is 19.4. The van der Waals surface area contributed by atoms with Crippen LogP contribution < -0.4 is 0 Å². The highest BCUT2D eigenvalue weighted by molar-refractivity contribution is 5.66. The van der Waals surface area contributed by atoms with Crippen molar-refractivity contribution in [1.82, 2.24) is 9.55 Å². The lowest BCUT2D eigenvalue weighted by atomic mass is 10.3. The number of aryl methyl sites for hydroxylation is 1. The van der Waals surface area contributed by atoms with Gasteiger partial charge in [-0.3, -0.25) is 4.79 Å². The quantitative estimate of drug-likeness (QED) is 0.839. The second-order valence-corrected chi connectivity index (χ2v) is 2.97. The normalized spacial score (nSPS) is 11.7. The maximum absolute atomic E-state index is 12.0. The van der Waals surface area contributed by atoms with Crippen molar-refractivity contribution in [2.45, 2.75) is 25.6 Å². The summed E-state index contributed by atoms with van der Waals surface area (Å²) in [6.45, 7) is 0.000741. The molecular weight excluding hydrogens is 213 g/mol. The fourth-order valence-corrected chi connectivity index (χ4v) is 1.11. The van der Waals surface area contributed by atoms with E-state index in [0.29, 0.717) is 0 Å². The zero-order chi connectivity index (χ0) is 11.5. The van der Waals surface area contributed by atoms with Crippen LogP contribution in [0.3, 0.4) is 0 Å². The van der Waals surface area contributed by atoms with E-state index in [0.717, 1.165) is 0 Å². The summed E-state index contributed by atoms with van der Waals surface area (Å²) in [6.07, 6.45) is -3.12. The number of carboxylic acid groups (broad SMARTS) is 1. The summed E-state index contributed by atoms with van der Waals surface area (Å²) < 4.78 is 37.3. The van der Waals surface area contributed by atoms with Gasteiger partial charge in [0.25, 0.3) is 0 Å². The van der Waals surface area contributed by atoms with Crippen molar-refractivity contribution in [3.05, 3.63) is 18.2 Å². The molecule has 0 aromatic carbocycles. The monoisotopic (exact) mass is 222 g/mol. The summed E-state index contributed by atoms with van der Waals surface area (Å²) in [5, 5.41) is 8.38. The second kappa shape index (κ2) is 4.33. The molecule has 15 heavy (non-hydrogen) atoms. The molecule has 4 nitrogen and oxygen atoms in total. The Balaban J connectivity index is 2.65. The number of hydrogen-bond acceptors (Lipinski definition) is 2. The van der Waals surface area contributed by atoms with Gasteiger partial charge in [0.05, 0.1) is 6.42 Å². The molecule has 0 aliphatic carbocycles. The van der Waals surface area contributed by atoms with Crippen LogP contribution in [0, 0.1) is 0 Å². The molecule has 0 bridgehead atoms. The summed E-state index contributed by atoms with van der Waals surface area (Å²) in [7, 11) is 0. The minimum Gasteiger partial charge on any atom is -0.481 e. The Kier molecular flexibility index (Phi) is 3.33. The van der Waals surface area contributed by atoms with Gasteiger partial charge in [-0.25, -0.2) is 4.98 Å². The van der Waals surface area contributed by atoms with E-state index in [-0.39, 0.29) is 18.8 Å². The van der Waals surface area contributed by atoms with Gasteiger partial charge < -0.3 is 9.67 Å². The van der Waals surface area contributed by atoms with Crippen molar-refractivity contribution in [3.8, 4) is 0 Å². The van der Waals surface area contributed by atoms with E-state index < -0.39 is 18.6 Å². The lowest BCUT2D eigenvalue weighted by molar-refractivity contribution is -0.137. The lowest BCUT2D eigenvalue weighted by Gasteiger charge is -2.08. The van der Waals surface area contributed by atoms with E-state index in [1.807, 2.05) is 0 Å². The van der Waals surface area contributed by atoms with Gasteiger partial charge in [-0.05, 0) is 0 Å². The van der Waals surface area contributed by atoms with Crippen LogP contribution in [0.15, 0.2) is 12.4 Å². The molecule has 0 spiro atoms. The number of alkyl halides is 3. The van der Waals surface area contributed by atoms with E-state index in [2.05, 4.69) is 4.98 Å². The average Bonchev–Trinajstić information content (AvgIpc) is 2.45. The minimum atomic E-state index is -4.33. The molecule has 0 atom stereocenters. The molecule has 0 fully saturated rings. The van der Waals surface area contributed by atoms with Crippen molar-refractivity contribution in [2.75, 3.05) is 0 Å². The topological polar surface area (TPSA) is 55.1 Å². The van der Waals surface area contributed by atoms with Crippen LogP contribution in [0.2, 0.25) is 0 Å². The number of aromatic nitrogens is 2. The zero-order valence-corrected chi connectivity index (χ0v) is 7.66. The van der Waals surface area contributed by atoms with Gasteiger partial charge in [0.15, 0.2) is 0 Å². The number of carbonyl (C=O) groups is 1. The van der Waals surface area contributed by atoms with E-state index in [1.165, 1.54) is 17.0 Å². The number of nitrogens with zero attached hydrogens (tertiary/aromatic N) is 2. The van der Waals surface area contributed by atoms with Gasteiger partial charge >= 0.3 is 12.1 Å². The summed E-state index contributed by atoms with van der Waals surface area (Å²) >= 11 is 0. The Morgan fingerprint density at radius 3 is 2.73 bits per heavy atom. The van der Waals surface area contributed by atoms with Crippen molar-refractivity contribution in [1.29, 1.82) is 0 Å². The molecule has 0 saturated carbocycles. The van der Waals surface area contributed by atoms with Crippen LogP contribution in [0.1, 0.15) is 12.2 Å². The molecule has 0 aliphatic rings. The smallest absolute Gasteiger partial charge is 0.396 e. The van der Waals surface area contributed by atoms with Gasteiger partial charge in [0, 0.05) is 18.9 Å². The molecule has 1 N–H and O–H groups in total. The third-order valence-corrected chi connectivity index (χ3v) is 1.73. The second-order valence-electron chi connectivity index (χ2n) is 2.97. The van der Waals surface area contributed by atoms with Crippen LogP contribution in [0.4, 0.5) is 13.2 Å². The van der Waals surface area contributed by atoms with E-state index in [1.54, 1.807) is 0 Å². The lowest BCUT2D eigenvalue weighted by Crippen LogP contribution is -2.17. The first-order chi connectivity index (χ1) is 6.88. The van der Waals surface area contributed by atoms with Crippen LogP contribution in [-0.2, 0) is 17.8 Å². The third-order valence-electron chi connectivity index (χ3n) is 1.73. The van der Waals surface area contributed by atoms with Gasteiger partial charge in [-0.1, -0.05) is 0 Å². The van der Waals surface area contributed by atoms with Crippen molar-refractivity contribution in [3.63, 3.8) is 0 Å². The molecule has 1 aromatic rings. The van der Waals surface area contributed by atoms with Crippen molar-refractivity contribution < 1.29 is 23.1 Å².